The number of ether oxygens (including phenoxy) is 1. The quantitative estimate of drug-likeness (QED) is 0.575. The van der Waals surface area contributed by atoms with Crippen molar-refractivity contribution in [2.24, 2.45) is 11.3 Å². The van der Waals surface area contributed by atoms with Crippen molar-refractivity contribution in [1.82, 2.24) is 4.90 Å². The van der Waals surface area contributed by atoms with Gasteiger partial charge in [0.2, 0.25) is 0 Å². The van der Waals surface area contributed by atoms with Crippen molar-refractivity contribution in [2.45, 2.75) is 52.4 Å². The summed E-state index contributed by atoms with van der Waals surface area (Å²) in [5, 5.41) is 9.26. The highest BCUT2D eigenvalue weighted by Gasteiger charge is 2.52. The molecule has 1 aliphatic rings. The van der Waals surface area contributed by atoms with Gasteiger partial charge < -0.3 is 9.16 Å². The van der Waals surface area contributed by atoms with Crippen LogP contribution in [0.3, 0.4) is 0 Å². The molecule has 1 rings (SSSR count). The first-order chi connectivity index (χ1) is 10.2. The number of hydrogen-bond donors (Lipinski definition) is 0. The molecular weight excluding hydrogens is 296 g/mol. The zero-order valence-electron chi connectivity index (χ0n) is 14.4. The lowest BCUT2D eigenvalue weighted by molar-refractivity contribution is -0.0476. The third-order valence-corrected chi connectivity index (χ3v) is 4.95. The summed E-state index contributed by atoms with van der Waals surface area (Å²) >= 11 is 0. The summed E-state index contributed by atoms with van der Waals surface area (Å²) in [5.74, 6) is 0.268. The van der Waals surface area contributed by atoms with Gasteiger partial charge in [-0.1, -0.05) is 33.4 Å². The fraction of sp³-hybridized carbons (Fsp3) is 0.750. The van der Waals surface area contributed by atoms with Crippen LogP contribution in [0.2, 0.25) is 13.1 Å². The van der Waals surface area contributed by atoms with Crippen LogP contribution in [0.15, 0.2) is 12.7 Å². The second-order valence-electron chi connectivity index (χ2n) is 7.19. The van der Waals surface area contributed by atoms with Crippen LogP contribution in [0, 0.1) is 22.7 Å². The average molecular weight is 324 g/mol. The molecular formula is C16H28N2O3Si. The molecule has 0 radical (unpaired) electrons. The van der Waals surface area contributed by atoms with Crippen molar-refractivity contribution in [2.75, 3.05) is 13.2 Å². The zero-order chi connectivity index (χ0) is 17.0. The Balaban J connectivity index is 3.11. The Kier molecular flexibility index (Phi) is 6.21. The van der Waals surface area contributed by atoms with Gasteiger partial charge in [-0.15, -0.1) is 0 Å². The number of likely N-dealkylation sites (tertiary alicyclic amines) is 1. The summed E-state index contributed by atoms with van der Waals surface area (Å²) in [4.78, 5) is 14.1. The minimum absolute atomic E-state index is 0.0378. The third-order valence-electron chi connectivity index (χ3n) is 4.04. The molecule has 0 aromatic rings. The Morgan fingerprint density at radius 2 is 2.18 bits per heavy atom. The summed E-state index contributed by atoms with van der Waals surface area (Å²) in [5.41, 5.74) is -0.804. The second kappa shape index (κ2) is 7.29. The van der Waals surface area contributed by atoms with E-state index in [2.05, 4.69) is 46.5 Å². The van der Waals surface area contributed by atoms with Crippen LogP contribution in [0.1, 0.15) is 33.6 Å². The van der Waals surface area contributed by atoms with Gasteiger partial charge in [0.15, 0.2) is 9.04 Å². The lowest BCUT2D eigenvalue weighted by Gasteiger charge is -2.37. The van der Waals surface area contributed by atoms with Crippen molar-refractivity contribution < 1.29 is 14.0 Å². The Morgan fingerprint density at radius 1 is 1.55 bits per heavy atom. The van der Waals surface area contributed by atoms with Gasteiger partial charge in [0, 0.05) is 13.0 Å². The average Bonchev–Trinajstić information content (AvgIpc) is 2.75. The third kappa shape index (κ3) is 4.34. The number of nitrogens with zero attached hydrogens (tertiary/aromatic N) is 2. The molecule has 6 heteroatoms. The van der Waals surface area contributed by atoms with E-state index in [1.165, 1.54) is 0 Å². The number of nitriles is 1. The van der Waals surface area contributed by atoms with E-state index in [0.717, 1.165) is 0 Å². The molecule has 0 saturated carbocycles. The van der Waals surface area contributed by atoms with Crippen LogP contribution in [0.5, 0.6) is 0 Å². The number of carbonyl (C=O) groups is 1. The predicted molar refractivity (Wildman–Crippen MR) is 88.7 cm³/mol. The number of hydrogen-bond acceptors (Lipinski definition) is 4. The van der Waals surface area contributed by atoms with Crippen LogP contribution < -0.4 is 0 Å². The topological polar surface area (TPSA) is 62.6 Å². The maximum atomic E-state index is 12.4. The molecule has 5 nitrogen and oxygen atoms in total. The van der Waals surface area contributed by atoms with Crippen LogP contribution in [-0.4, -0.2) is 38.9 Å². The minimum atomic E-state index is -1.43. The van der Waals surface area contributed by atoms with E-state index in [-0.39, 0.29) is 24.4 Å². The monoisotopic (exact) mass is 324 g/mol. The molecule has 1 heterocycles. The smallest absolute Gasteiger partial charge is 0.412 e. The molecule has 2 atom stereocenters. The molecule has 0 bridgehead atoms. The van der Waals surface area contributed by atoms with Crippen molar-refractivity contribution in [3.8, 4) is 6.07 Å². The summed E-state index contributed by atoms with van der Waals surface area (Å²) in [6.07, 6.45) is 1.97. The van der Waals surface area contributed by atoms with Gasteiger partial charge in [0.1, 0.15) is 12.3 Å². The second-order valence-corrected chi connectivity index (χ2v) is 9.52. The summed E-state index contributed by atoms with van der Waals surface area (Å²) in [7, 11) is -1.43. The predicted octanol–water partition coefficient (Wildman–Crippen LogP) is 3.29. The van der Waals surface area contributed by atoms with Gasteiger partial charge in [0.05, 0.1) is 12.5 Å². The Labute approximate surface area is 135 Å². The fourth-order valence-corrected chi connectivity index (χ4v) is 4.04. The molecule has 1 fully saturated rings. The van der Waals surface area contributed by atoms with E-state index in [4.69, 9.17) is 9.16 Å². The van der Waals surface area contributed by atoms with E-state index in [1.807, 2.05) is 0 Å². The van der Waals surface area contributed by atoms with Crippen molar-refractivity contribution in [3.63, 3.8) is 0 Å². The van der Waals surface area contributed by atoms with E-state index in [0.29, 0.717) is 13.0 Å². The molecule has 0 unspecified atom stereocenters. The molecule has 0 aliphatic carbocycles. The SMILES string of the molecule is C=CCOC(=O)N1C[C@@H](C(C)(C)C)C[C@]1(CC#N)O[SiH](C)C. The highest BCUT2D eigenvalue weighted by Crippen LogP contribution is 2.45. The summed E-state index contributed by atoms with van der Waals surface area (Å²) in [6, 6.07) is 2.20. The fourth-order valence-electron chi connectivity index (χ4n) is 2.86. The number of carbonyl (C=O) groups excluding carboxylic acids is 1. The van der Waals surface area contributed by atoms with Gasteiger partial charge in [-0.3, -0.25) is 4.90 Å². The van der Waals surface area contributed by atoms with Crippen LogP contribution >= 0.6 is 0 Å². The summed E-state index contributed by atoms with van der Waals surface area (Å²) in [6.45, 7) is 14.8. The largest absolute Gasteiger partial charge is 0.445 e. The maximum absolute atomic E-state index is 12.4. The van der Waals surface area contributed by atoms with Crippen molar-refractivity contribution in [3.05, 3.63) is 12.7 Å². The number of amides is 1. The lowest BCUT2D eigenvalue weighted by atomic mass is 9.79. The van der Waals surface area contributed by atoms with Crippen molar-refractivity contribution in [1.29, 1.82) is 5.26 Å². The molecule has 1 amide bonds. The minimum Gasteiger partial charge on any atom is -0.445 e. The first-order valence-corrected chi connectivity index (χ1v) is 10.5. The highest BCUT2D eigenvalue weighted by atomic mass is 28.3. The first-order valence-electron chi connectivity index (χ1n) is 7.76. The lowest BCUT2D eigenvalue weighted by Crippen LogP contribution is -2.51. The molecule has 124 valence electrons. The first kappa shape index (κ1) is 18.7. The molecule has 0 aromatic heterocycles. The molecule has 22 heavy (non-hydrogen) atoms. The molecule has 0 aromatic carbocycles. The van der Waals surface area contributed by atoms with E-state index >= 15 is 0 Å². The van der Waals surface area contributed by atoms with Gasteiger partial charge in [-0.05, 0) is 24.4 Å². The Morgan fingerprint density at radius 3 is 2.64 bits per heavy atom. The van der Waals surface area contributed by atoms with Crippen LogP contribution in [0.4, 0.5) is 4.79 Å². The molecule has 1 saturated heterocycles. The zero-order valence-corrected chi connectivity index (χ0v) is 15.5. The standard InChI is InChI=1S/C16H28N2O3Si/c1-7-10-20-14(19)18-12-13(15(2,3)4)11-16(18,8-9-17)21-22(5)6/h7,13,22H,1,8,10-12H2,2-6H3/t13-,16-/m0/s1. The van der Waals surface area contributed by atoms with Crippen molar-refractivity contribution >= 4 is 15.1 Å². The molecule has 0 spiro atoms. The normalized spacial score (nSPS) is 25.1. The van der Waals surface area contributed by atoms with Crippen LogP contribution in [-0.2, 0) is 9.16 Å². The Hall–Kier alpha value is -1.32. The van der Waals surface area contributed by atoms with E-state index in [1.54, 1.807) is 11.0 Å². The highest BCUT2D eigenvalue weighted by molar-refractivity contribution is 6.48. The van der Waals surface area contributed by atoms with Gasteiger partial charge in [0.25, 0.3) is 0 Å². The van der Waals surface area contributed by atoms with E-state index < -0.39 is 20.9 Å². The van der Waals surface area contributed by atoms with Gasteiger partial charge >= 0.3 is 6.09 Å². The van der Waals surface area contributed by atoms with Gasteiger partial charge in [-0.25, -0.2) is 4.79 Å². The Bertz CT molecular complexity index is 453. The maximum Gasteiger partial charge on any atom is 0.412 e. The number of rotatable bonds is 5. The van der Waals surface area contributed by atoms with Gasteiger partial charge in [-0.2, -0.15) is 5.26 Å². The van der Waals surface area contributed by atoms with E-state index in [9.17, 15) is 10.1 Å². The summed E-state index contributed by atoms with van der Waals surface area (Å²) < 4.78 is 11.4. The molecule has 0 N–H and O–H groups in total. The van der Waals surface area contributed by atoms with Crippen LogP contribution in [0.25, 0.3) is 0 Å². The molecule has 1 aliphatic heterocycles.